The Balaban J connectivity index is 0.00000264. The normalized spacial score (nSPS) is 10.4. The molecule has 3 nitrogen and oxygen atoms in total. The van der Waals surface area contributed by atoms with E-state index in [2.05, 4.69) is 32.6 Å². The predicted molar refractivity (Wildman–Crippen MR) is 87.6 cm³/mol. The molecule has 0 aliphatic rings. The molecule has 0 saturated carbocycles. The largest absolute Gasteiger partial charge is 0.453 e. The van der Waals surface area contributed by atoms with E-state index < -0.39 is 5.97 Å². The third-order valence-electron chi connectivity index (χ3n) is 3.34. The first-order valence-corrected chi connectivity index (χ1v) is 7.44. The van der Waals surface area contributed by atoms with Crippen molar-refractivity contribution in [1.82, 2.24) is 0 Å². The van der Waals surface area contributed by atoms with Crippen LogP contribution in [-0.2, 0) is 36.6 Å². The van der Waals surface area contributed by atoms with Crippen molar-refractivity contribution in [1.29, 1.82) is 0 Å². The maximum Gasteiger partial charge on any atom is 0.155 e. The minimum absolute atomic E-state index is 0. The number of benzene rings is 2. The monoisotopic (exact) mass is 484 g/mol. The molecule has 0 aromatic heterocycles. The van der Waals surface area contributed by atoms with Gasteiger partial charge in [0, 0.05) is 32.4 Å². The molecule has 1 radical (unpaired) electrons. The first-order valence-electron chi connectivity index (χ1n) is 7.44. The van der Waals surface area contributed by atoms with Crippen LogP contribution in [0.3, 0.4) is 0 Å². The van der Waals surface area contributed by atoms with Gasteiger partial charge in [-0.15, -0.1) is 0 Å². The molecular formula is C19H21O3Re-. The van der Waals surface area contributed by atoms with Crippen LogP contribution in [-0.4, -0.2) is 12.6 Å². The summed E-state index contributed by atoms with van der Waals surface area (Å²) < 4.78 is 11.0. The van der Waals surface area contributed by atoms with Crippen molar-refractivity contribution in [2.75, 3.05) is 6.61 Å². The van der Waals surface area contributed by atoms with Crippen molar-refractivity contribution < 1.29 is 34.7 Å². The van der Waals surface area contributed by atoms with Crippen LogP contribution in [0.1, 0.15) is 25.8 Å². The van der Waals surface area contributed by atoms with Gasteiger partial charge in [0.1, 0.15) is 5.75 Å². The maximum absolute atomic E-state index is 11.4. The summed E-state index contributed by atoms with van der Waals surface area (Å²) in [6, 6.07) is 11.7. The Morgan fingerprint density at radius 3 is 2.70 bits per heavy atom. The number of carbonyl (C=O) groups is 1. The van der Waals surface area contributed by atoms with Crippen molar-refractivity contribution >= 4 is 16.7 Å². The minimum Gasteiger partial charge on any atom is -0.453 e. The Kier molecular flexibility index (Phi) is 8.19. The molecule has 0 saturated heterocycles. The molecule has 2 aromatic carbocycles. The van der Waals surface area contributed by atoms with Gasteiger partial charge in [0.25, 0.3) is 0 Å². The second kappa shape index (κ2) is 9.62. The van der Waals surface area contributed by atoms with Gasteiger partial charge in [-0.1, -0.05) is 38.1 Å². The SMILES string of the molecule is C=[C-]C(=O)Oc1cc(COCCC(C)C)cc2ccccc12.[Re]. The molecule has 123 valence electrons. The van der Waals surface area contributed by atoms with E-state index in [0.29, 0.717) is 18.3 Å². The van der Waals surface area contributed by atoms with E-state index in [1.165, 1.54) is 0 Å². The Bertz CT molecular complexity index is 665. The van der Waals surface area contributed by atoms with Crippen molar-refractivity contribution in [3.8, 4) is 5.75 Å². The Morgan fingerprint density at radius 2 is 2.00 bits per heavy atom. The van der Waals surface area contributed by atoms with Gasteiger partial charge in [-0.05, 0) is 35.4 Å². The second-order valence-electron chi connectivity index (χ2n) is 5.62. The zero-order valence-electron chi connectivity index (χ0n) is 13.5. The van der Waals surface area contributed by atoms with Gasteiger partial charge in [-0.3, -0.25) is 11.4 Å². The topological polar surface area (TPSA) is 35.5 Å². The zero-order valence-corrected chi connectivity index (χ0v) is 16.2. The quantitative estimate of drug-likeness (QED) is 0.194. The average Bonchev–Trinajstić information content (AvgIpc) is 2.51. The number of carbonyl (C=O) groups excluding carboxylic acids is 1. The number of ether oxygens (including phenoxy) is 2. The molecule has 0 heterocycles. The maximum atomic E-state index is 11.4. The molecule has 4 heteroatoms. The number of hydrogen-bond acceptors (Lipinski definition) is 3. The van der Waals surface area contributed by atoms with E-state index in [4.69, 9.17) is 9.47 Å². The van der Waals surface area contributed by atoms with Gasteiger partial charge in [-0.2, -0.15) is 0 Å². The summed E-state index contributed by atoms with van der Waals surface area (Å²) in [6.07, 6.45) is 3.25. The van der Waals surface area contributed by atoms with Crippen molar-refractivity contribution in [3.05, 3.63) is 54.6 Å². The molecule has 0 unspecified atom stereocenters. The predicted octanol–water partition coefficient (Wildman–Crippen LogP) is 4.29. The van der Waals surface area contributed by atoms with Gasteiger partial charge >= 0.3 is 0 Å². The van der Waals surface area contributed by atoms with Crippen molar-refractivity contribution in [2.45, 2.75) is 26.9 Å². The van der Waals surface area contributed by atoms with Gasteiger partial charge in [0.2, 0.25) is 0 Å². The summed E-state index contributed by atoms with van der Waals surface area (Å²) in [5.74, 6) is 0.556. The second-order valence-corrected chi connectivity index (χ2v) is 5.62. The molecule has 0 atom stereocenters. The summed E-state index contributed by atoms with van der Waals surface area (Å²) in [4.78, 5) is 11.4. The van der Waals surface area contributed by atoms with Crippen LogP contribution in [0.4, 0.5) is 0 Å². The third-order valence-corrected chi connectivity index (χ3v) is 3.34. The molecule has 0 aliphatic heterocycles. The van der Waals surface area contributed by atoms with Crippen LogP contribution in [0, 0.1) is 12.0 Å². The van der Waals surface area contributed by atoms with Crippen LogP contribution in [0.5, 0.6) is 5.75 Å². The molecule has 0 spiro atoms. The van der Waals surface area contributed by atoms with Gasteiger partial charge < -0.3 is 15.5 Å². The van der Waals surface area contributed by atoms with E-state index in [0.717, 1.165) is 29.4 Å². The molecule has 23 heavy (non-hydrogen) atoms. The number of esters is 1. The molecule has 0 amide bonds. The fourth-order valence-electron chi connectivity index (χ4n) is 2.15. The molecule has 0 N–H and O–H groups in total. The van der Waals surface area contributed by atoms with Crippen molar-refractivity contribution in [3.63, 3.8) is 0 Å². The van der Waals surface area contributed by atoms with Crippen LogP contribution in [0.2, 0.25) is 0 Å². The fourth-order valence-corrected chi connectivity index (χ4v) is 2.15. The van der Waals surface area contributed by atoms with Gasteiger partial charge in [-0.25, -0.2) is 0 Å². The van der Waals surface area contributed by atoms with E-state index in [9.17, 15) is 4.79 Å². The zero-order chi connectivity index (χ0) is 15.9. The van der Waals surface area contributed by atoms with E-state index >= 15 is 0 Å². The van der Waals surface area contributed by atoms with Crippen LogP contribution in [0.15, 0.2) is 43.0 Å². The Morgan fingerprint density at radius 1 is 1.26 bits per heavy atom. The summed E-state index contributed by atoms with van der Waals surface area (Å²) in [6.45, 7) is 8.87. The van der Waals surface area contributed by atoms with Crippen LogP contribution < -0.4 is 4.74 Å². The van der Waals surface area contributed by atoms with E-state index in [-0.39, 0.29) is 20.4 Å². The molecule has 0 bridgehead atoms. The fraction of sp³-hybridized carbons (Fsp3) is 0.316. The summed E-state index contributed by atoms with van der Waals surface area (Å²) >= 11 is 0. The number of fused-ring (bicyclic) bond motifs is 1. The third kappa shape index (κ3) is 5.91. The molecule has 2 rings (SSSR count). The first kappa shape index (κ1) is 19.6. The summed E-state index contributed by atoms with van der Waals surface area (Å²) in [7, 11) is 0. The van der Waals surface area contributed by atoms with Crippen LogP contribution >= 0.6 is 0 Å². The standard InChI is InChI=1S/C19H21O3.Re/c1-4-19(20)22-18-12-15(13-21-10-9-14(2)3)11-16-7-5-6-8-17(16)18;/h5-8,11-12,14H,1,9-10,13H2,2-3H3;/q-1;. The Hall–Kier alpha value is -1.47. The van der Waals surface area contributed by atoms with Gasteiger partial charge in [0.05, 0.1) is 6.61 Å². The average molecular weight is 484 g/mol. The Labute approximate surface area is 151 Å². The number of hydrogen-bond donors (Lipinski definition) is 0. The van der Waals surface area contributed by atoms with Crippen molar-refractivity contribution in [2.24, 2.45) is 5.92 Å². The van der Waals surface area contributed by atoms with Gasteiger partial charge in [0.15, 0.2) is 5.97 Å². The number of rotatable bonds is 7. The van der Waals surface area contributed by atoms with Crippen LogP contribution in [0.25, 0.3) is 10.8 Å². The first-order chi connectivity index (χ1) is 10.6. The molecule has 0 fully saturated rings. The minimum atomic E-state index is -0.581. The van der Waals surface area contributed by atoms with E-state index in [1.54, 1.807) is 0 Å². The summed E-state index contributed by atoms with van der Waals surface area (Å²) in [5, 5.41) is 1.90. The van der Waals surface area contributed by atoms with E-state index in [1.807, 2.05) is 30.3 Å². The molecular weight excluding hydrogens is 462 g/mol. The molecule has 2 aromatic rings. The molecule has 0 aliphatic carbocycles. The smallest absolute Gasteiger partial charge is 0.155 e. The summed E-state index contributed by atoms with van der Waals surface area (Å²) in [5.41, 5.74) is 0.981.